The molecule has 20 heavy (non-hydrogen) atoms. The lowest BCUT2D eigenvalue weighted by atomic mass is 10.2. The molecule has 2 heterocycles. The summed E-state index contributed by atoms with van der Waals surface area (Å²) in [6.07, 6.45) is 2.24. The molecule has 1 aliphatic rings. The molecule has 110 valence electrons. The van der Waals surface area contributed by atoms with Crippen molar-refractivity contribution in [2.45, 2.75) is 25.3 Å². The number of urea groups is 1. The molecule has 2 rings (SSSR count). The van der Waals surface area contributed by atoms with E-state index >= 15 is 0 Å². The Balaban J connectivity index is 1.77. The first kappa shape index (κ1) is 14.7. The molecular weight excluding hydrogens is 282 g/mol. The van der Waals surface area contributed by atoms with E-state index in [9.17, 15) is 9.59 Å². The zero-order valence-electron chi connectivity index (χ0n) is 10.9. The molecule has 1 aromatic heterocycles. The van der Waals surface area contributed by atoms with Crippen LogP contribution in [0.1, 0.15) is 28.3 Å². The SMILES string of the molecule is O=C(O)c1csc(CCNC(=O)N2CCCC2CO)n1. The first-order chi connectivity index (χ1) is 9.61. The molecule has 1 unspecified atom stereocenters. The number of rotatable bonds is 5. The number of carboxylic acid groups (broad SMARTS) is 1. The fraction of sp³-hybridized carbons (Fsp3) is 0.583. The number of thiazole rings is 1. The van der Waals surface area contributed by atoms with E-state index in [0.717, 1.165) is 12.8 Å². The molecule has 0 aromatic carbocycles. The number of nitrogens with zero attached hydrogens (tertiary/aromatic N) is 2. The number of amides is 2. The Morgan fingerprint density at radius 3 is 3.00 bits per heavy atom. The number of aliphatic hydroxyl groups excluding tert-OH is 1. The maximum absolute atomic E-state index is 11.9. The highest BCUT2D eigenvalue weighted by Crippen LogP contribution is 2.16. The van der Waals surface area contributed by atoms with E-state index in [1.807, 2.05) is 0 Å². The highest BCUT2D eigenvalue weighted by atomic mass is 32.1. The quantitative estimate of drug-likeness (QED) is 0.737. The van der Waals surface area contributed by atoms with Crippen LogP contribution in [-0.2, 0) is 6.42 Å². The van der Waals surface area contributed by atoms with Gasteiger partial charge < -0.3 is 20.4 Å². The Labute approximate surface area is 120 Å². The third-order valence-electron chi connectivity index (χ3n) is 3.23. The smallest absolute Gasteiger partial charge is 0.355 e. The van der Waals surface area contributed by atoms with Crippen LogP contribution in [0, 0.1) is 0 Å². The number of carboxylic acids is 1. The van der Waals surface area contributed by atoms with Gasteiger partial charge in [-0.15, -0.1) is 11.3 Å². The normalized spacial score (nSPS) is 18.2. The van der Waals surface area contributed by atoms with Gasteiger partial charge in [-0.05, 0) is 12.8 Å². The van der Waals surface area contributed by atoms with Gasteiger partial charge in [0, 0.05) is 24.9 Å². The van der Waals surface area contributed by atoms with Crippen molar-refractivity contribution >= 4 is 23.3 Å². The Hall–Kier alpha value is -1.67. The maximum atomic E-state index is 11.9. The molecule has 7 nitrogen and oxygen atoms in total. The van der Waals surface area contributed by atoms with Gasteiger partial charge >= 0.3 is 12.0 Å². The van der Waals surface area contributed by atoms with Crippen molar-refractivity contribution in [1.29, 1.82) is 0 Å². The van der Waals surface area contributed by atoms with Crippen LogP contribution in [-0.4, -0.2) is 57.8 Å². The maximum Gasteiger partial charge on any atom is 0.355 e. The number of carbonyl (C=O) groups is 2. The minimum atomic E-state index is -1.04. The molecule has 8 heteroatoms. The molecule has 2 amide bonds. The number of hydrogen-bond acceptors (Lipinski definition) is 5. The predicted molar refractivity (Wildman–Crippen MR) is 73.0 cm³/mol. The average molecular weight is 299 g/mol. The van der Waals surface area contributed by atoms with E-state index in [1.54, 1.807) is 4.90 Å². The van der Waals surface area contributed by atoms with Gasteiger partial charge in [-0.25, -0.2) is 14.6 Å². The zero-order chi connectivity index (χ0) is 14.5. The monoisotopic (exact) mass is 299 g/mol. The summed E-state index contributed by atoms with van der Waals surface area (Å²) in [6.45, 7) is 1.05. The van der Waals surface area contributed by atoms with Gasteiger partial charge in [-0.1, -0.05) is 0 Å². The van der Waals surface area contributed by atoms with Crippen LogP contribution in [0.5, 0.6) is 0 Å². The van der Waals surface area contributed by atoms with E-state index in [0.29, 0.717) is 24.5 Å². The molecule has 1 aliphatic heterocycles. The molecule has 0 saturated carbocycles. The van der Waals surface area contributed by atoms with E-state index in [2.05, 4.69) is 10.3 Å². The third-order valence-corrected chi connectivity index (χ3v) is 4.14. The molecule has 1 saturated heterocycles. The van der Waals surface area contributed by atoms with E-state index in [-0.39, 0.29) is 24.4 Å². The summed E-state index contributed by atoms with van der Waals surface area (Å²) in [6, 6.07) is -0.273. The van der Waals surface area contributed by atoms with Crippen LogP contribution in [0.4, 0.5) is 4.79 Å². The van der Waals surface area contributed by atoms with E-state index < -0.39 is 5.97 Å². The number of aliphatic hydroxyl groups is 1. The van der Waals surface area contributed by atoms with Crippen LogP contribution in [0.25, 0.3) is 0 Å². The van der Waals surface area contributed by atoms with Crippen molar-refractivity contribution in [2.75, 3.05) is 19.7 Å². The number of hydrogen-bond donors (Lipinski definition) is 3. The largest absolute Gasteiger partial charge is 0.476 e. The second-order valence-corrected chi connectivity index (χ2v) is 5.53. The molecule has 0 radical (unpaired) electrons. The Kier molecular flexibility index (Phi) is 4.91. The first-order valence-electron chi connectivity index (χ1n) is 6.45. The van der Waals surface area contributed by atoms with Crippen molar-refractivity contribution in [3.05, 3.63) is 16.1 Å². The standard InChI is InChI=1S/C12H17N3O4S/c16-6-8-2-1-5-15(8)12(19)13-4-3-10-14-9(7-20-10)11(17)18/h7-8,16H,1-6H2,(H,13,19)(H,17,18). The fourth-order valence-electron chi connectivity index (χ4n) is 2.19. The van der Waals surface area contributed by atoms with Gasteiger partial charge in [0.1, 0.15) is 0 Å². The zero-order valence-corrected chi connectivity index (χ0v) is 11.7. The lowest BCUT2D eigenvalue weighted by molar-refractivity contribution is 0.0691. The average Bonchev–Trinajstić information content (AvgIpc) is 3.07. The Bertz CT molecular complexity index is 491. The van der Waals surface area contributed by atoms with Crippen LogP contribution in [0.3, 0.4) is 0 Å². The molecule has 0 spiro atoms. The van der Waals surface area contributed by atoms with Crippen molar-refractivity contribution in [3.63, 3.8) is 0 Å². The minimum Gasteiger partial charge on any atom is -0.476 e. The summed E-state index contributed by atoms with van der Waals surface area (Å²) in [5.41, 5.74) is 0.0382. The minimum absolute atomic E-state index is 0.0120. The van der Waals surface area contributed by atoms with Crippen molar-refractivity contribution < 1.29 is 19.8 Å². The summed E-state index contributed by atoms with van der Waals surface area (Å²) in [4.78, 5) is 28.2. The van der Waals surface area contributed by atoms with Crippen molar-refractivity contribution in [1.82, 2.24) is 15.2 Å². The van der Waals surface area contributed by atoms with Crippen molar-refractivity contribution in [3.8, 4) is 0 Å². The van der Waals surface area contributed by atoms with Gasteiger partial charge in [-0.2, -0.15) is 0 Å². The summed E-state index contributed by atoms with van der Waals surface area (Å²) in [7, 11) is 0. The lowest BCUT2D eigenvalue weighted by Gasteiger charge is -2.23. The van der Waals surface area contributed by atoms with Crippen molar-refractivity contribution in [2.24, 2.45) is 0 Å². The number of carbonyl (C=O) groups excluding carboxylic acids is 1. The highest BCUT2D eigenvalue weighted by molar-refractivity contribution is 7.09. The third kappa shape index (κ3) is 3.45. The van der Waals surface area contributed by atoms with Gasteiger partial charge in [0.25, 0.3) is 0 Å². The summed E-state index contributed by atoms with van der Waals surface area (Å²) >= 11 is 1.27. The van der Waals surface area contributed by atoms with Crippen LogP contribution in [0.15, 0.2) is 5.38 Å². The molecule has 1 fully saturated rings. The lowest BCUT2D eigenvalue weighted by Crippen LogP contribution is -2.44. The van der Waals surface area contributed by atoms with Crippen LogP contribution >= 0.6 is 11.3 Å². The van der Waals surface area contributed by atoms with Gasteiger partial charge in [0.05, 0.1) is 17.7 Å². The molecule has 0 aliphatic carbocycles. The highest BCUT2D eigenvalue weighted by Gasteiger charge is 2.27. The molecule has 1 aromatic rings. The first-order valence-corrected chi connectivity index (χ1v) is 7.33. The Morgan fingerprint density at radius 2 is 2.35 bits per heavy atom. The summed E-state index contributed by atoms with van der Waals surface area (Å²) < 4.78 is 0. The molecule has 0 bridgehead atoms. The summed E-state index contributed by atoms with van der Waals surface area (Å²) in [5.74, 6) is -1.04. The van der Waals surface area contributed by atoms with Gasteiger partial charge in [0.2, 0.25) is 0 Å². The molecule has 1 atom stereocenters. The molecule has 3 N–H and O–H groups in total. The Morgan fingerprint density at radius 1 is 1.55 bits per heavy atom. The topological polar surface area (TPSA) is 103 Å². The number of nitrogens with one attached hydrogen (secondary N) is 1. The van der Waals surface area contributed by atoms with E-state index in [1.165, 1.54) is 16.7 Å². The van der Waals surface area contributed by atoms with Gasteiger partial charge in [-0.3, -0.25) is 0 Å². The fourth-order valence-corrected chi connectivity index (χ4v) is 2.97. The number of aromatic carboxylic acids is 1. The molecular formula is C12H17N3O4S. The number of aromatic nitrogens is 1. The van der Waals surface area contributed by atoms with E-state index in [4.69, 9.17) is 10.2 Å². The van der Waals surface area contributed by atoms with Crippen LogP contribution in [0.2, 0.25) is 0 Å². The summed E-state index contributed by atoms with van der Waals surface area (Å²) in [5, 5.41) is 22.9. The van der Waals surface area contributed by atoms with Crippen LogP contribution < -0.4 is 5.32 Å². The number of likely N-dealkylation sites (tertiary alicyclic amines) is 1. The van der Waals surface area contributed by atoms with Gasteiger partial charge in [0.15, 0.2) is 5.69 Å². The second-order valence-electron chi connectivity index (χ2n) is 4.59. The predicted octanol–water partition coefficient (Wildman–Crippen LogP) is 0.550. The second kappa shape index (κ2) is 6.67.